The Balaban J connectivity index is 2.86. The average molecular weight is 347 g/mol. The third kappa shape index (κ3) is 5.98. The first-order valence-corrected chi connectivity index (χ1v) is 8.75. The van der Waals surface area contributed by atoms with Gasteiger partial charge in [-0.2, -0.15) is 5.10 Å². The van der Waals surface area contributed by atoms with Crippen LogP contribution in [0.3, 0.4) is 0 Å². The van der Waals surface area contributed by atoms with E-state index in [9.17, 15) is 9.59 Å². The number of hydrogen-bond donors (Lipinski definition) is 1. The van der Waals surface area contributed by atoms with Crippen LogP contribution in [0.15, 0.2) is 23.3 Å². The molecule has 1 atom stereocenters. The lowest BCUT2D eigenvalue weighted by Gasteiger charge is -2.22. The molecule has 0 heterocycles. The quantitative estimate of drug-likeness (QED) is 0.423. The molecule has 0 saturated carbocycles. The minimum atomic E-state index is -0.292. The summed E-state index contributed by atoms with van der Waals surface area (Å²) >= 11 is 0. The zero-order valence-electron chi connectivity index (χ0n) is 15.6. The Bertz CT molecular complexity index is 614. The molecule has 1 unspecified atom stereocenters. The summed E-state index contributed by atoms with van der Waals surface area (Å²) in [4.78, 5) is 23.8. The maximum atomic E-state index is 12.8. The highest BCUT2D eigenvalue weighted by molar-refractivity contribution is 5.84. The van der Waals surface area contributed by atoms with Crippen LogP contribution in [-0.2, 0) is 27.3 Å². The second kappa shape index (κ2) is 10.6. The van der Waals surface area contributed by atoms with E-state index in [1.165, 1.54) is 11.2 Å². The van der Waals surface area contributed by atoms with E-state index < -0.39 is 0 Å². The lowest BCUT2D eigenvalue weighted by Crippen LogP contribution is -2.28. The van der Waals surface area contributed by atoms with E-state index in [1.807, 2.05) is 19.1 Å². The Labute approximate surface area is 150 Å². The van der Waals surface area contributed by atoms with Crippen molar-refractivity contribution in [1.29, 1.82) is 0 Å². The normalized spacial score (nSPS) is 12.2. The Morgan fingerprint density at radius 3 is 2.60 bits per heavy atom. The van der Waals surface area contributed by atoms with Gasteiger partial charge in [0.1, 0.15) is 6.61 Å². The summed E-state index contributed by atoms with van der Waals surface area (Å²) < 4.78 is 4.92. The average Bonchev–Trinajstić information content (AvgIpc) is 2.65. The zero-order chi connectivity index (χ0) is 18.8. The van der Waals surface area contributed by atoms with Crippen LogP contribution in [0.4, 0.5) is 0 Å². The van der Waals surface area contributed by atoms with Gasteiger partial charge in [-0.15, -0.1) is 0 Å². The van der Waals surface area contributed by atoms with Crippen molar-refractivity contribution in [2.75, 3.05) is 13.7 Å². The minimum absolute atomic E-state index is 0.0620. The lowest BCUT2D eigenvalue weighted by atomic mass is 9.89. The fourth-order valence-electron chi connectivity index (χ4n) is 2.63. The van der Waals surface area contributed by atoms with E-state index in [-0.39, 0.29) is 24.4 Å². The highest BCUT2D eigenvalue weighted by Gasteiger charge is 2.24. The lowest BCUT2D eigenvalue weighted by molar-refractivity contribution is -0.141. The molecule has 1 aromatic rings. The van der Waals surface area contributed by atoms with Crippen LogP contribution in [0.5, 0.6) is 0 Å². The van der Waals surface area contributed by atoms with Crippen molar-refractivity contribution in [3.8, 4) is 0 Å². The fraction of sp³-hybridized carbons (Fsp3) is 0.526. The molecule has 6 nitrogen and oxygen atoms in total. The van der Waals surface area contributed by atoms with Gasteiger partial charge in [-0.1, -0.05) is 39.0 Å². The van der Waals surface area contributed by atoms with E-state index in [1.54, 1.807) is 14.0 Å². The third-order valence-corrected chi connectivity index (χ3v) is 4.09. The highest BCUT2D eigenvalue weighted by Crippen LogP contribution is 2.27. The molecule has 0 radical (unpaired) electrons. The summed E-state index contributed by atoms with van der Waals surface area (Å²) in [6.45, 7) is 6.33. The molecule has 0 bridgehead atoms. The Morgan fingerprint density at radius 2 is 2.04 bits per heavy atom. The van der Waals surface area contributed by atoms with Gasteiger partial charge < -0.3 is 10.5 Å². The molecular weight excluding hydrogens is 318 g/mol. The Morgan fingerprint density at radius 1 is 1.32 bits per heavy atom. The number of carbonyl (C=O) groups excluding carboxylic acids is 2. The minimum Gasteiger partial charge on any atom is -0.460 e. The number of ether oxygens (including phenoxy) is 1. The predicted molar refractivity (Wildman–Crippen MR) is 99.3 cm³/mol. The number of rotatable bonds is 9. The number of benzene rings is 1. The number of amides is 1. The maximum Gasteiger partial charge on any atom is 0.305 e. The highest BCUT2D eigenvalue weighted by atomic mass is 16.5. The van der Waals surface area contributed by atoms with Crippen molar-refractivity contribution in [3.63, 3.8) is 0 Å². The van der Waals surface area contributed by atoms with Gasteiger partial charge >= 0.3 is 5.97 Å². The van der Waals surface area contributed by atoms with Gasteiger partial charge in [0, 0.05) is 20.0 Å². The third-order valence-electron chi connectivity index (χ3n) is 4.09. The van der Waals surface area contributed by atoms with Crippen molar-refractivity contribution >= 4 is 18.1 Å². The molecule has 138 valence electrons. The van der Waals surface area contributed by atoms with Crippen molar-refractivity contribution in [2.45, 2.75) is 52.5 Å². The number of carbonyl (C=O) groups is 2. The maximum absolute atomic E-state index is 12.8. The molecule has 6 heteroatoms. The summed E-state index contributed by atoms with van der Waals surface area (Å²) in [6, 6.07) is 6.03. The Kier molecular flexibility index (Phi) is 8.84. The number of likely N-dealkylation sites (N-methyl/N-ethyl adjacent to an activating group) is 1. The molecule has 25 heavy (non-hydrogen) atoms. The monoisotopic (exact) mass is 347 g/mol. The van der Waals surface area contributed by atoms with E-state index in [0.717, 1.165) is 23.1 Å². The standard InChI is InChI=1S/C19H29N3O3/c1-5-15-12-14(13-20)8-9-17(15)16(6-2)19(24)22(4)21-10-11-25-18(23)7-3/h8-10,12,16H,5-7,11,13,20H2,1-4H3. The van der Waals surface area contributed by atoms with E-state index in [0.29, 0.717) is 19.4 Å². The second-order valence-electron chi connectivity index (χ2n) is 5.75. The molecule has 1 aromatic carbocycles. The van der Waals surface area contributed by atoms with Gasteiger partial charge in [0.05, 0.1) is 12.1 Å². The zero-order valence-corrected chi connectivity index (χ0v) is 15.6. The second-order valence-corrected chi connectivity index (χ2v) is 5.75. The molecule has 0 aromatic heterocycles. The van der Waals surface area contributed by atoms with Crippen LogP contribution < -0.4 is 5.73 Å². The van der Waals surface area contributed by atoms with Crippen molar-refractivity contribution < 1.29 is 14.3 Å². The van der Waals surface area contributed by atoms with E-state index in [2.05, 4.69) is 18.1 Å². The SMILES string of the molecule is CCC(=O)OCC=NN(C)C(=O)C(CC)c1ccc(CN)cc1CC. The number of esters is 1. The number of aryl methyl sites for hydroxylation is 1. The van der Waals surface area contributed by atoms with E-state index in [4.69, 9.17) is 10.5 Å². The summed E-state index contributed by atoms with van der Waals surface area (Å²) in [5.41, 5.74) is 8.93. The molecule has 0 fully saturated rings. The molecule has 0 aliphatic carbocycles. The summed E-state index contributed by atoms with van der Waals surface area (Å²) in [6.07, 6.45) is 3.26. The first-order valence-electron chi connectivity index (χ1n) is 8.75. The topological polar surface area (TPSA) is 85.0 Å². The first kappa shape index (κ1) is 20.8. The molecular formula is C19H29N3O3. The molecule has 0 aliphatic rings. The van der Waals surface area contributed by atoms with Gasteiger partial charge in [0.25, 0.3) is 0 Å². The number of nitrogens with two attached hydrogens (primary N) is 1. The number of hydrazone groups is 1. The summed E-state index contributed by atoms with van der Waals surface area (Å²) in [7, 11) is 1.61. The van der Waals surface area contributed by atoms with Crippen LogP contribution >= 0.6 is 0 Å². The van der Waals surface area contributed by atoms with Crippen LogP contribution in [0.2, 0.25) is 0 Å². The Hall–Kier alpha value is -2.21. The largest absolute Gasteiger partial charge is 0.460 e. The van der Waals surface area contributed by atoms with Crippen LogP contribution in [0.25, 0.3) is 0 Å². The molecule has 0 saturated heterocycles. The van der Waals surface area contributed by atoms with Gasteiger partial charge in [-0.05, 0) is 29.5 Å². The van der Waals surface area contributed by atoms with Gasteiger partial charge in [-0.25, -0.2) is 5.01 Å². The first-order chi connectivity index (χ1) is 12.0. The number of hydrogen-bond acceptors (Lipinski definition) is 5. The smallest absolute Gasteiger partial charge is 0.305 e. The number of nitrogens with zero attached hydrogens (tertiary/aromatic N) is 2. The fourth-order valence-corrected chi connectivity index (χ4v) is 2.63. The molecule has 1 amide bonds. The van der Waals surface area contributed by atoms with Gasteiger partial charge in [0.2, 0.25) is 5.91 Å². The van der Waals surface area contributed by atoms with Gasteiger partial charge in [0.15, 0.2) is 0 Å². The van der Waals surface area contributed by atoms with Gasteiger partial charge in [-0.3, -0.25) is 9.59 Å². The molecule has 0 spiro atoms. The van der Waals surface area contributed by atoms with Crippen molar-refractivity contribution in [2.24, 2.45) is 10.8 Å². The van der Waals surface area contributed by atoms with Crippen LogP contribution in [0.1, 0.15) is 56.2 Å². The molecule has 0 aliphatic heterocycles. The van der Waals surface area contributed by atoms with Crippen LogP contribution in [0, 0.1) is 0 Å². The van der Waals surface area contributed by atoms with Crippen molar-refractivity contribution in [3.05, 3.63) is 34.9 Å². The summed E-state index contributed by atoms with van der Waals surface area (Å²) in [5, 5.41) is 5.39. The summed E-state index contributed by atoms with van der Waals surface area (Å²) in [5.74, 6) is -0.641. The predicted octanol–water partition coefficient (Wildman–Crippen LogP) is 2.60. The van der Waals surface area contributed by atoms with E-state index >= 15 is 0 Å². The van der Waals surface area contributed by atoms with Crippen molar-refractivity contribution in [1.82, 2.24) is 5.01 Å². The molecule has 2 N–H and O–H groups in total. The van der Waals surface area contributed by atoms with Crippen LogP contribution in [-0.4, -0.2) is 36.8 Å². The molecule has 1 rings (SSSR count).